The van der Waals surface area contributed by atoms with Gasteiger partial charge in [0.1, 0.15) is 0 Å². The van der Waals surface area contributed by atoms with Crippen LogP contribution >= 0.6 is 0 Å². The van der Waals surface area contributed by atoms with Crippen molar-refractivity contribution < 1.29 is 0 Å². The highest BCUT2D eigenvalue weighted by Crippen LogP contribution is 2.16. The second kappa shape index (κ2) is 9.90. The molecule has 2 nitrogen and oxygen atoms in total. The van der Waals surface area contributed by atoms with E-state index in [0.29, 0.717) is 0 Å². The molecule has 1 fully saturated rings. The van der Waals surface area contributed by atoms with Crippen molar-refractivity contribution >= 4 is 0 Å². The summed E-state index contributed by atoms with van der Waals surface area (Å²) in [7, 11) is 0. The van der Waals surface area contributed by atoms with E-state index in [1.807, 2.05) is 0 Å². The second-order valence-corrected chi connectivity index (χ2v) is 5.84. The molecule has 1 aliphatic rings. The molecule has 3 N–H and O–H groups in total. The van der Waals surface area contributed by atoms with Gasteiger partial charge in [-0.15, -0.1) is 0 Å². The molecule has 1 atom stereocenters. The summed E-state index contributed by atoms with van der Waals surface area (Å²) in [5.74, 6) is 0. The third kappa shape index (κ3) is 8.62. The lowest BCUT2D eigenvalue weighted by Crippen LogP contribution is -2.38. The number of nitrogens with two attached hydrogens (primary N) is 1. The molecule has 1 rings (SSSR count). The molecule has 1 aliphatic carbocycles. The van der Waals surface area contributed by atoms with Crippen LogP contribution in [0, 0.1) is 0 Å². The van der Waals surface area contributed by atoms with Crippen LogP contribution in [0.5, 0.6) is 0 Å². The van der Waals surface area contributed by atoms with Gasteiger partial charge in [0.25, 0.3) is 0 Å². The highest BCUT2D eigenvalue weighted by molar-refractivity contribution is 4.70. The first kappa shape index (κ1) is 15.0. The van der Waals surface area contributed by atoms with Crippen molar-refractivity contribution in [2.24, 2.45) is 5.73 Å². The highest BCUT2D eigenvalue weighted by Gasteiger charge is 2.09. The molecule has 0 saturated heterocycles. The maximum absolute atomic E-state index is 5.82. The van der Waals surface area contributed by atoms with Gasteiger partial charge in [-0.1, -0.05) is 57.8 Å². The Balaban J connectivity index is 2.22. The maximum Gasteiger partial charge on any atom is 0.0136 e. The summed E-state index contributed by atoms with van der Waals surface area (Å²) in [6, 6.07) is 1.01. The SMILES string of the molecule is CC(N)CNC1CCCCCCCCCCC1. The predicted molar refractivity (Wildman–Crippen MR) is 76.2 cm³/mol. The Bertz CT molecular complexity index is 156. The van der Waals surface area contributed by atoms with Crippen LogP contribution in [-0.4, -0.2) is 18.6 Å². The van der Waals surface area contributed by atoms with Crippen LogP contribution in [0.15, 0.2) is 0 Å². The smallest absolute Gasteiger partial charge is 0.0136 e. The second-order valence-electron chi connectivity index (χ2n) is 5.84. The lowest BCUT2D eigenvalue weighted by Gasteiger charge is -2.20. The molecule has 0 spiro atoms. The molecule has 0 aromatic rings. The van der Waals surface area contributed by atoms with E-state index in [4.69, 9.17) is 5.73 Å². The van der Waals surface area contributed by atoms with E-state index in [-0.39, 0.29) is 6.04 Å². The summed E-state index contributed by atoms with van der Waals surface area (Å²) in [4.78, 5) is 0. The Labute approximate surface area is 108 Å². The van der Waals surface area contributed by atoms with Gasteiger partial charge in [0.15, 0.2) is 0 Å². The van der Waals surface area contributed by atoms with Crippen LogP contribution in [0.2, 0.25) is 0 Å². The van der Waals surface area contributed by atoms with Crippen molar-refractivity contribution in [1.29, 1.82) is 0 Å². The lowest BCUT2D eigenvalue weighted by molar-refractivity contribution is 0.397. The molecule has 0 aliphatic heterocycles. The van der Waals surface area contributed by atoms with Crippen LogP contribution in [-0.2, 0) is 0 Å². The molecule has 102 valence electrons. The molecule has 1 unspecified atom stereocenters. The summed E-state index contributed by atoms with van der Waals surface area (Å²) < 4.78 is 0. The van der Waals surface area contributed by atoms with E-state index in [1.54, 1.807) is 0 Å². The minimum absolute atomic E-state index is 0.288. The third-order valence-corrected chi connectivity index (χ3v) is 3.83. The van der Waals surface area contributed by atoms with E-state index < -0.39 is 0 Å². The number of rotatable bonds is 3. The first-order chi connectivity index (χ1) is 8.29. The van der Waals surface area contributed by atoms with E-state index in [1.165, 1.54) is 70.6 Å². The zero-order valence-electron chi connectivity index (χ0n) is 11.7. The molecule has 17 heavy (non-hydrogen) atoms. The standard InChI is InChI=1S/C15H32N2/c1-14(16)13-17-15-11-9-7-5-3-2-4-6-8-10-12-15/h14-15,17H,2-13,16H2,1H3. The molecular weight excluding hydrogens is 208 g/mol. The highest BCUT2D eigenvalue weighted by atomic mass is 14.9. The van der Waals surface area contributed by atoms with Crippen LogP contribution in [0.4, 0.5) is 0 Å². The Kier molecular flexibility index (Phi) is 8.72. The Morgan fingerprint density at radius 2 is 1.29 bits per heavy atom. The topological polar surface area (TPSA) is 38.0 Å². The molecule has 0 aromatic carbocycles. The Hall–Kier alpha value is -0.0800. The van der Waals surface area contributed by atoms with E-state index in [2.05, 4.69) is 12.2 Å². The minimum atomic E-state index is 0.288. The minimum Gasteiger partial charge on any atom is -0.327 e. The quantitative estimate of drug-likeness (QED) is 0.791. The van der Waals surface area contributed by atoms with Gasteiger partial charge in [-0.05, 0) is 19.8 Å². The number of nitrogens with one attached hydrogen (secondary N) is 1. The van der Waals surface area contributed by atoms with Crippen molar-refractivity contribution in [3.05, 3.63) is 0 Å². The van der Waals surface area contributed by atoms with Crippen LogP contribution in [0.3, 0.4) is 0 Å². The van der Waals surface area contributed by atoms with E-state index >= 15 is 0 Å². The van der Waals surface area contributed by atoms with Gasteiger partial charge in [-0.3, -0.25) is 0 Å². The van der Waals surface area contributed by atoms with Gasteiger partial charge < -0.3 is 11.1 Å². The summed E-state index contributed by atoms with van der Waals surface area (Å²) in [6.07, 6.45) is 15.6. The zero-order valence-corrected chi connectivity index (χ0v) is 11.7. The molecule has 0 heterocycles. The summed E-state index contributed by atoms with van der Waals surface area (Å²) >= 11 is 0. The van der Waals surface area contributed by atoms with Gasteiger partial charge in [0.05, 0.1) is 0 Å². The van der Waals surface area contributed by atoms with Crippen LogP contribution < -0.4 is 11.1 Å². The van der Waals surface area contributed by atoms with E-state index in [9.17, 15) is 0 Å². The summed E-state index contributed by atoms with van der Waals surface area (Å²) in [6.45, 7) is 3.06. The Morgan fingerprint density at radius 3 is 1.71 bits per heavy atom. The van der Waals surface area contributed by atoms with Crippen molar-refractivity contribution in [2.45, 2.75) is 89.6 Å². The number of hydrogen-bond donors (Lipinski definition) is 2. The summed E-state index contributed by atoms with van der Waals surface area (Å²) in [5.41, 5.74) is 5.82. The van der Waals surface area contributed by atoms with Crippen molar-refractivity contribution in [3.63, 3.8) is 0 Å². The number of hydrogen-bond acceptors (Lipinski definition) is 2. The third-order valence-electron chi connectivity index (χ3n) is 3.83. The first-order valence-electron chi connectivity index (χ1n) is 7.78. The van der Waals surface area contributed by atoms with Gasteiger partial charge in [-0.25, -0.2) is 0 Å². The molecular formula is C15H32N2. The molecule has 0 amide bonds. The predicted octanol–water partition coefficient (Wildman–Crippen LogP) is 3.60. The molecule has 2 heteroatoms. The molecule has 0 bridgehead atoms. The monoisotopic (exact) mass is 240 g/mol. The molecule has 0 aromatic heterocycles. The average Bonchev–Trinajstić information content (AvgIpc) is 2.28. The van der Waals surface area contributed by atoms with Gasteiger partial charge in [-0.2, -0.15) is 0 Å². The van der Waals surface area contributed by atoms with Crippen molar-refractivity contribution in [2.75, 3.05) is 6.54 Å². The molecule has 1 saturated carbocycles. The largest absolute Gasteiger partial charge is 0.327 e. The Morgan fingerprint density at radius 1 is 0.882 bits per heavy atom. The van der Waals surface area contributed by atoms with Crippen LogP contribution in [0.25, 0.3) is 0 Å². The fraction of sp³-hybridized carbons (Fsp3) is 1.00. The zero-order chi connectivity index (χ0) is 12.3. The van der Waals surface area contributed by atoms with Gasteiger partial charge in [0.2, 0.25) is 0 Å². The fourth-order valence-corrected chi connectivity index (χ4v) is 2.72. The normalized spacial score (nSPS) is 23.6. The van der Waals surface area contributed by atoms with E-state index in [0.717, 1.165) is 12.6 Å². The first-order valence-corrected chi connectivity index (χ1v) is 7.78. The fourth-order valence-electron chi connectivity index (χ4n) is 2.72. The van der Waals surface area contributed by atoms with Crippen LogP contribution in [0.1, 0.15) is 77.6 Å². The lowest BCUT2D eigenvalue weighted by atomic mass is 9.98. The van der Waals surface area contributed by atoms with Gasteiger partial charge in [0, 0.05) is 18.6 Å². The van der Waals surface area contributed by atoms with Gasteiger partial charge >= 0.3 is 0 Å². The average molecular weight is 240 g/mol. The molecule has 0 radical (unpaired) electrons. The van der Waals surface area contributed by atoms with Crippen molar-refractivity contribution in [3.8, 4) is 0 Å². The van der Waals surface area contributed by atoms with Crippen molar-refractivity contribution in [1.82, 2.24) is 5.32 Å². The maximum atomic E-state index is 5.82. The summed E-state index contributed by atoms with van der Waals surface area (Å²) in [5, 5.41) is 3.65.